The molecule has 2 aromatic carbocycles. The highest BCUT2D eigenvalue weighted by Gasteiger charge is 2.26. The van der Waals surface area contributed by atoms with E-state index in [1.54, 1.807) is 12.1 Å². The standard InChI is InChI=1S/C20H20FN3O4S2/c1-24(12-14-4-3-11-28-14)30(26,27)15-9-7-13(8-10-15)19(25)23-20-22-18-16(21)5-2-6-17(18)29-20/h2,5-10,14H,3-4,11-12H2,1H3,(H,22,23,25). The number of carbonyl (C=O) groups is 1. The Labute approximate surface area is 177 Å². The predicted octanol–water partition coefficient (Wildman–Crippen LogP) is 3.49. The molecular weight excluding hydrogens is 429 g/mol. The number of nitrogens with one attached hydrogen (secondary N) is 1. The molecule has 3 aromatic rings. The summed E-state index contributed by atoms with van der Waals surface area (Å²) in [5.74, 6) is -0.906. The van der Waals surface area contributed by atoms with Gasteiger partial charge in [-0.3, -0.25) is 10.1 Å². The van der Waals surface area contributed by atoms with Crippen LogP contribution in [0.4, 0.5) is 9.52 Å². The summed E-state index contributed by atoms with van der Waals surface area (Å²) < 4.78 is 46.7. The second-order valence-corrected chi connectivity index (χ2v) is 10.1. The highest BCUT2D eigenvalue weighted by atomic mass is 32.2. The zero-order valence-electron chi connectivity index (χ0n) is 16.2. The third-order valence-corrected chi connectivity index (χ3v) is 7.67. The van der Waals surface area contributed by atoms with Gasteiger partial charge in [0.25, 0.3) is 5.91 Å². The van der Waals surface area contributed by atoms with E-state index in [-0.39, 0.29) is 27.2 Å². The number of hydrogen-bond donors (Lipinski definition) is 1. The van der Waals surface area contributed by atoms with Gasteiger partial charge >= 0.3 is 0 Å². The van der Waals surface area contributed by atoms with Crippen molar-refractivity contribution in [3.8, 4) is 0 Å². The molecule has 0 spiro atoms. The quantitative estimate of drug-likeness (QED) is 0.622. The second kappa shape index (κ2) is 8.38. The highest BCUT2D eigenvalue weighted by Crippen LogP contribution is 2.28. The monoisotopic (exact) mass is 449 g/mol. The van der Waals surface area contributed by atoms with Crippen LogP contribution in [-0.4, -0.2) is 49.9 Å². The van der Waals surface area contributed by atoms with Crippen LogP contribution in [0.1, 0.15) is 23.2 Å². The van der Waals surface area contributed by atoms with Gasteiger partial charge in [-0.2, -0.15) is 4.31 Å². The number of fused-ring (bicyclic) bond motifs is 1. The van der Waals surface area contributed by atoms with Crippen molar-refractivity contribution < 1.29 is 22.3 Å². The molecule has 4 rings (SSSR count). The van der Waals surface area contributed by atoms with E-state index < -0.39 is 21.7 Å². The van der Waals surface area contributed by atoms with Crippen LogP contribution in [0.25, 0.3) is 10.2 Å². The molecule has 0 saturated carbocycles. The van der Waals surface area contributed by atoms with Gasteiger partial charge in [0.1, 0.15) is 11.3 Å². The van der Waals surface area contributed by atoms with Crippen molar-refractivity contribution in [1.29, 1.82) is 0 Å². The third kappa shape index (κ3) is 4.22. The van der Waals surface area contributed by atoms with E-state index in [0.717, 1.165) is 24.2 Å². The summed E-state index contributed by atoms with van der Waals surface area (Å²) in [7, 11) is -2.16. The first-order valence-electron chi connectivity index (χ1n) is 9.39. The fourth-order valence-electron chi connectivity index (χ4n) is 3.27. The average molecular weight is 450 g/mol. The summed E-state index contributed by atoms with van der Waals surface area (Å²) >= 11 is 1.16. The van der Waals surface area contributed by atoms with E-state index in [2.05, 4.69) is 10.3 Å². The van der Waals surface area contributed by atoms with Crippen molar-refractivity contribution in [2.75, 3.05) is 25.5 Å². The van der Waals surface area contributed by atoms with Gasteiger partial charge in [-0.1, -0.05) is 17.4 Å². The summed E-state index contributed by atoms with van der Waals surface area (Å²) in [6.07, 6.45) is 1.69. The lowest BCUT2D eigenvalue weighted by Gasteiger charge is -2.20. The number of nitrogens with zero attached hydrogens (tertiary/aromatic N) is 2. The molecule has 10 heteroatoms. The molecule has 0 radical (unpaired) electrons. The SMILES string of the molecule is CN(CC1CCCO1)S(=O)(=O)c1ccc(C(=O)Nc2nc3c(F)cccc3s2)cc1. The number of benzene rings is 2. The largest absolute Gasteiger partial charge is 0.377 e. The van der Waals surface area contributed by atoms with Crippen LogP contribution in [0.5, 0.6) is 0 Å². The molecule has 158 valence electrons. The fourth-order valence-corrected chi connectivity index (χ4v) is 5.35. The number of para-hydroxylation sites is 1. The maximum absolute atomic E-state index is 13.8. The van der Waals surface area contributed by atoms with Gasteiger partial charge in [0.05, 0.1) is 15.7 Å². The van der Waals surface area contributed by atoms with Crippen molar-refractivity contribution in [2.24, 2.45) is 0 Å². The summed E-state index contributed by atoms with van der Waals surface area (Å²) in [6.45, 7) is 0.947. The number of thiazole rings is 1. The number of amides is 1. The Bertz CT molecular complexity index is 1170. The summed E-state index contributed by atoms with van der Waals surface area (Å²) in [4.78, 5) is 16.7. The summed E-state index contributed by atoms with van der Waals surface area (Å²) in [6, 6.07) is 10.3. The topological polar surface area (TPSA) is 88.6 Å². The number of anilines is 1. The Kier molecular flexibility index (Phi) is 5.83. The maximum Gasteiger partial charge on any atom is 0.257 e. The molecule has 1 unspecified atom stereocenters. The molecule has 0 aliphatic carbocycles. The number of halogens is 1. The maximum atomic E-state index is 13.8. The Balaban J connectivity index is 1.46. The molecule has 1 amide bonds. The van der Waals surface area contributed by atoms with Crippen LogP contribution in [0.15, 0.2) is 47.4 Å². The minimum atomic E-state index is -3.68. The van der Waals surface area contributed by atoms with Gasteiger partial charge in [-0.25, -0.2) is 17.8 Å². The summed E-state index contributed by atoms with van der Waals surface area (Å²) in [5, 5.41) is 2.90. The number of hydrogen-bond acceptors (Lipinski definition) is 6. The number of sulfonamides is 1. The lowest BCUT2D eigenvalue weighted by Crippen LogP contribution is -2.34. The molecule has 1 saturated heterocycles. The average Bonchev–Trinajstić information content (AvgIpc) is 3.38. The predicted molar refractivity (Wildman–Crippen MR) is 113 cm³/mol. The number of ether oxygens (including phenoxy) is 1. The first kappa shape index (κ1) is 20.9. The molecule has 1 aliphatic rings. The van der Waals surface area contributed by atoms with Gasteiger partial charge in [0.2, 0.25) is 10.0 Å². The summed E-state index contributed by atoms with van der Waals surface area (Å²) in [5.41, 5.74) is 0.476. The molecule has 1 atom stereocenters. The number of rotatable bonds is 6. The van der Waals surface area contributed by atoms with Crippen LogP contribution in [0.3, 0.4) is 0 Å². The molecule has 1 aliphatic heterocycles. The van der Waals surface area contributed by atoms with E-state index in [1.165, 1.54) is 41.7 Å². The van der Waals surface area contributed by atoms with Crippen molar-refractivity contribution in [1.82, 2.24) is 9.29 Å². The molecule has 1 aromatic heterocycles. The van der Waals surface area contributed by atoms with E-state index in [4.69, 9.17) is 4.74 Å². The molecule has 7 nitrogen and oxygen atoms in total. The normalized spacial score (nSPS) is 17.0. The number of carbonyl (C=O) groups excluding carboxylic acids is 1. The Morgan fingerprint density at radius 1 is 1.30 bits per heavy atom. The molecule has 1 N–H and O–H groups in total. The molecule has 30 heavy (non-hydrogen) atoms. The molecule has 1 fully saturated rings. The third-order valence-electron chi connectivity index (χ3n) is 4.90. The second-order valence-electron chi connectivity index (χ2n) is 7.00. The Hall–Kier alpha value is -2.40. The molecule has 0 bridgehead atoms. The van der Waals surface area contributed by atoms with Gasteiger partial charge in [0.15, 0.2) is 5.13 Å². The van der Waals surface area contributed by atoms with Crippen LogP contribution >= 0.6 is 11.3 Å². The minimum Gasteiger partial charge on any atom is -0.377 e. The zero-order chi connectivity index (χ0) is 21.3. The van der Waals surface area contributed by atoms with Crippen LogP contribution in [0.2, 0.25) is 0 Å². The zero-order valence-corrected chi connectivity index (χ0v) is 17.8. The Morgan fingerprint density at radius 3 is 2.73 bits per heavy atom. The minimum absolute atomic E-state index is 0.0894. The van der Waals surface area contributed by atoms with Gasteiger partial charge in [-0.05, 0) is 49.2 Å². The van der Waals surface area contributed by atoms with Gasteiger partial charge in [-0.15, -0.1) is 0 Å². The lowest BCUT2D eigenvalue weighted by atomic mass is 10.2. The van der Waals surface area contributed by atoms with Crippen LogP contribution in [-0.2, 0) is 14.8 Å². The number of aromatic nitrogens is 1. The van der Waals surface area contributed by atoms with Crippen molar-refractivity contribution >= 4 is 42.6 Å². The smallest absolute Gasteiger partial charge is 0.257 e. The molecule has 2 heterocycles. The van der Waals surface area contributed by atoms with Gasteiger partial charge < -0.3 is 4.74 Å². The Morgan fingerprint density at radius 2 is 2.07 bits per heavy atom. The first-order chi connectivity index (χ1) is 14.3. The van der Waals surface area contributed by atoms with Crippen molar-refractivity contribution in [2.45, 2.75) is 23.8 Å². The highest BCUT2D eigenvalue weighted by molar-refractivity contribution is 7.89. The van der Waals surface area contributed by atoms with Crippen molar-refractivity contribution in [3.63, 3.8) is 0 Å². The van der Waals surface area contributed by atoms with E-state index in [1.807, 2.05) is 0 Å². The van der Waals surface area contributed by atoms with E-state index >= 15 is 0 Å². The van der Waals surface area contributed by atoms with Crippen LogP contribution < -0.4 is 5.32 Å². The first-order valence-corrected chi connectivity index (χ1v) is 11.6. The van der Waals surface area contributed by atoms with Crippen LogP contribution in [0, 0.1) is 5.82 Å². The molecular formula is C20H20FN3O4S2. The van der Waals surface area contributed by atoms with Gasteiger partial charge in [0, 0.05) is 25.8 Å². The lowest BCUT2D eigenvalue weighted by molar-refractivity contribution is 0.0979. The van der Waals surface area contributed by atoms with Crippen molar-refractivity contribution in [3.05, 3.63) is 53.8 Å². The van der Waals surface area contributed by atoms with E-state index in [9.17, 15) is 17.6 Å². The fraction of sp³-hybridized carbons (Fsp3) is 0.300. The number of likely N-dealkylation sites (N-methyl/N-ethyl adjacent to an activating group) is 1. The van der Waals surface area contributed by atoms with E-state index in [0.29, 0.717) is 17.9 Å².